The van der Waals surface area contributed by atoms with Crippen LogP contribution in [0.1, 0.15) is 36.1 Å². The Hall–Kier alpha value is -3.07. The molecular weight excluding hydrogens is 336 g/mol. The highest BCUT2D eigenvalue weighted by Crippen LogP contribution is 2.28. The molecular formula is C24H24O3. The van der Waals surface area contributed by atoms with Gasteiger partial charge in [0, 0.05) is 19.4 Å². The molecule has 0 aromatic heterocycles. The Kier molecular flexibility index (Phi) is 6.26. The fraction of sp³-hybridized carbons (Fsp3) is 0.208. The summed E-state index contributed by atoms with van der Waals surface area (Å²) in [5, 5.41) is 0. The van der Waals surface area contributed by atoms with Gasteiger partial charge in [0.05, 0.1) is 0 Å². The average Bonchev–Trinajstić information content (AvgIpc) is 2.69. The van der Waals surface area contributed by atoms with E-state index in [1.165, 1.54) is 18.1 Å². The van der Waals surface area contributed by atoms with E-state index in [1.807, 2.05) is 42.5 Å². The van der Waals surface area contributed by atoms with Crippen molar-refractivity contribution in [2.24, 2.45) is 0 Å². The summed E-state index contributed by atoms with van der Waals surface area (Å²) in [6.45, 7) is 4.01. The predicted octanol–water partition coefficient (Wildman–Crippen LogP) is 5.34. The van der Waals surface area contributed by atoms with Crippen LogP contribution in [0.3, 0.4) is 0 Å². The lowest BCUT2D eigenvalue weighted by Crippen LogP contribution is -2.04. The molecule has 0 spiro atoms. The summed E-state index contributed by atoms with van der Waals surface area (Å²) in [4.78, 5) is 11.3. The zero-order chi connectivity index (χ0) is 19.1. The van der Waals surface area contributed by atoms with E-state index in [2.05, 4.69) is 31.2 Å². The molecule has 0 aliphatic rings. The first-order chi connectivity index (χ1) is 13.1. The minimum absolute atomic E-state index is 0.341. The normalized spacial score (nSPS) is 10.4. The number of esters is 1. The van der Waals surface area contributed by atoms with E-state index in [9.17, 15) is 4.79 Å². The summed E-state index contributed by atoms with van der Waals surface area (Å²) in [5.74, 6) is 0.889. The molecule has 0 aliphatic heterocycles. The van der Waals surface area contributed by atoms with E-state index >= 15 is 0 Å². The smallest absolute Gasteiger partial charge is 0.308 e. The van der Waals surface area contributed by atoms with E-state index in [4.69, 9.17) is 9.47 Å². The summed E-state index contributed by atoms with van der Waals surface area (Å²) >= 11 is 0. The molecule has 0 atom stereocenters. The van der Waals surface area contributed by atoms with Gasteiger partial charge in [0.2, 0.25) is 0 Å². The third-order valence-corrected chi connectivity index (χ3v) is 4.36. The van der Waals surface area contributed by atoms with Gasteiger partial charge in [-0.15, -0.1) is 0 Å². The summed E-state index contributed by atoms with van der Waals surface area (Å²) in [7, 11) is 0. The molecule has 0 bridgehead atoms. The number of carbonyl (C=O) groups excluding carboxylic acids is 1. The van der Waals surface area contributed by atoms with Crippen molar-refractivity contribution in [1.29, 1.82) is 0 Å². The summed E-state index contributed by atoms with van der Waals surface area (Å²) in [5.41, 5.74) is 4.70. The summed E-state index contributed by atoms with van der Waals surface area (Å²) in [6.07, 6.45) is 1.79. The van der Waals surface area contributed by atoms with Crippen molar-refractivity contribution in [1.82, 2.24) is 0 Å². The van der Waals surface area contributed by atoms with Crippen molar-refractivity contribution in [3.63, 3.8) is 0 Å². The van der Waals surface area contributed by atoms with Gasteiger partial charge in [-0.3, -0.25) is 4.79 Å². The van der Waals surface area contributed by atoms with Gasteiger partial charge in [0.1, 0.15) is 18.1 Å². The Balaban J connectivity index is 1.82. The van der Waals surface area contributed by atoms with Gasteiger partial charge in [-0.2, -0.15) is 0 Å². The fourth-order valence-electron chi connectivity index (χ4n) is 2.89. The molecule has 0 aliphatic carbocycles. The van der Waals surface area contributed by atoms with Crippen LogP contribution in [0, 0.1) is 0 Å². The van der Waals surface area contributed by atoms with Gasteiger partial charge in [0.15, 0.2) is 0 Å². The molecule has 0 saturated carbocycles. The van der Waals surface area contributed by atoms with Crippen LogP contribution in [0.15, 0.2) is 72.8 Å². The van der Waals surface area contributed by atoms with Crippen molar-refractivity contribution < 1.29 is 14.3 Å². The third kappa shape index (κ3) is 5.45. The van der Waals surface area contributed by atoms with Crippen LogP contribution in [-0.4, -0.2) is 5.97 Å². The predicted molar refractivity (Wildman–Crippen MR) is 107 cm³/mol. The Bertz CT molecular complexity index is 883. The molecule has 3 aromatic carbocycles. The number of hydrogen-bond donors (Lipinski definition) is 0. The van der Waals surface area contributed by atoms with Crippen molar-refractivity contribution in [3.05, 3.63) is 95.1 Å². The van der Waals surface area contributed by atoms with E-state index in [-0.39, 0.29) is 5.97 Å². The largest absolute Gasteiger partial charge is 0.488 e. The van der Waals surface area contributed by atoms with Crippen LogP contribution in [0.25, 0.3) is 0 Å². The minimum Gasteiger partial charge on any atom is -0.488 e. The van der Waals surface area contributed by atoms with Crippen LogP contribution in [-0.2, 0) is 24.2 Å². The number of carbonyl (C=O) groups is 1. The highest BCUT2D eigenvalue weighted by Gasteiger charge is 2.09. The molecule has 0 heterocycles. The van der Waals surface area contributed by atoms with Gasteiger partial charge in [-0.1, -0.05) is 67.6 Å². The highest BCUT2D eigenvalue weighted by molar-refractivity contribution is 5.69. The van der Waals surface area contributed by atoms with Gasteiger partial charge in [-0.25, -0.2) is 0 Å². The lowest BCUT2D eigenvalue weighted by Gasteiger charge is -2.14. The molecule has 3 nitrogen and oxygen atoms in total. The maximum Gasteiger partial charge on any atom is 0.308 e. The van der Waals surface area contributed by atoms with Gasteiger partial charge in [0.25, 0.3) is 0 Å². The number of ether oxygens (including phenoxy) is 2. The molecule has 3 heteroatoms. The number of hydrogen-bond acceptors (Lipinski definition) is 3. The first-order valence-electron chi connectivity index (χ1n) is 9.20. The SMILES string of the molecule is CCc1ccc(Cc2ccc(OC(C)=O)cc2OCc2ccccc2)cc1. The molecule has 0 radical (unpaired) electrons. The van der Waals surface area contributed by atoms with Crippen molar-refractivity contribution in [2.45, 2.75) is 33.3 Å². The Labute approximate surface area is 160 Å². The standard InChI is InChI=1S/C24H24O3/c1-3-19-9-11-20(12-10-19)15-22-13-14-23(27-18(2)25)16-24(22)26-17-21-7-5-4-6-8-21/h4-14,16H,3,15,17H2,1-2H3. The second-order valence-corrected chi connectivity index (χ2v) is 6.48. The lowest BCUT2D eigenvalue weighted by molar-refractivity contribution is -0.131. The highest BCUT2D eigenvalue weighted by atomic mass is 16.5. The minimum atomic E-state index is -0.341. The number of rotatable bonds is 7. The molecule has 0 N–H and O–H groups in total. The molecule has 3 rings (SSSR count). The number of aryl methyl sites for hydroxylation is 1. The first-order valence-corrected chi connectivity index (χ1v) is 9.20. The van der Waals surface area contributed by atoms with Crippen LogP contribution >= 0.6 is 0 Å². The Morgan fingerprint density at radius 1 is 0.852 bits per heavy atom. The van der Waals surface area contributed by atoms with E-state index < -0.39 is 0 Å². The third-order valence-electron chi connectivity index (χ3n) is 4.36. The van der Waals surface area contributed by atoms with Crippen LogP contribution in [0.4, 0.5) is 0 Å². The van der Waals surface area contributed by atoms with Crippen LogP contribution in [0.5, 0.6) is 11.5 Å². The van der Waals surface area contributed by atoms with E-state index in [0.29, 0.717) is 12.4 Å². The van der Waals surface area contributed by atoms with Crippen molar-refractivity contribution in [3.8, 4) is 11.5 Å². The maximum atomic E-state index is 11.3. The van der Waals surface area contributed by atoms with Crippen LogP contribution in [0.2, 0.25) is 0 Å². The first kappa shape index (κ1) is 18.7. The topological polar surface area (TPSA) is 35.5 Å². The summed E-state index contributed by atoms with van der Waals surface area (Å²) < 4.78 is 11.3. The van der Waals surface area contributed by atoms with Gasteiger partial charge in [-0.05, 0) is 34.7 Å². The molecule has 0 amide bonds. The monoisotopic (exact) mass is 360 g/mol. The van der Waals surface area contributed by atoms with E-state index in [0.717, 1.165) is 29.7 Å². The summed E-state index contributed by atoms with van der Waals surface area (Å²) in [6, 6.07) is 24.2. The molecule has 138 valence electrons. The van der Waals surface area contributed by atoms with Crippen molar-refractivity contribution >= 4 is 5.97 Å². The van der Waals surface area contributed by atoms with Crippen molar-refractivity contribution in [2.75, 3.05) is 0 Å². The van der Waals surface area contributed by atoms with Crippen LogP contribution < -0.4 is 9.47 Å². The molecule has 0 saturated heterocycles. The second kappa shape index (κ2) is 9.04. The molecule has 3 aromatic rings. The molecule has 0 fully saturated rings. The fourth-order valence-corrected chi connectivity index (χ4v) is 2.89. The Morgan fingerprint density at radius 3 is 2.22 bits per heavy atom. The second-order valence-electron chi connectivity index (χ2n) is 6.48. The quantitative estimate of drug-likeness (QED) is 0.421. The molecule has 27 heavy (non-hydrogen) atoms. The molecule has 0 unspecified atom stereocenters. The van der Waals surface area contributed by atoms with E-state index in [1.54, 1.807) is 6.07 Å². The lowest BCUT2D eigenvalue weighted by atomic mass is 10.0. The van der Waals surface area contributed by atoms with Gasteiger partial charge >= 0.3 is 5.97 Å². The van der Waals surface area contributed by atoms with Gasteiger partial charge < -0.3 is 9.47 Å². The maximum absolute atomic E-state index is 11.3. The Morgan fingerprint density at radius 2 is 1.56 bits per heavy atom. The zero-order valence-corrected chi connectivity index (χ0v) is 15.8. The number of benzene rings is 3. The zero-order valence-electron chi connectivity index (χ0n) is 15.8. The average molecular weight is 360 g/mol.